The Morgan fingerprint density at radius 3 is 2.78 bits per heavy atom. The number of hydrogen-bond acceptors (Lipinski definition) is 4. The quantitative estimate of drug-likeness (QED) is 0.704. The minimum absolute atomic E-state index is 0.542. The number of aryl methyl sites for hydroxylation is 1. The van der Waals surface area contributed by atoms with E-state index in [0.29, 0.717) is 18.3 Å². The Balaban J connectivity index is 1.82. The Bertz CT molecular complexity index is 642. The predicted octanol–water partition coefficient (Wildman–Crippen LogP) is 2.29. The fraction of sp³-hybridized carbons (Fsp3) is 0.154. The van der Waals surface area contributed by atoms with Gasteiger partial charge in [0.2, 0.25) is 11.7 Å². The van der Waals surface area contributed by atoms with E-state index in [1.54, 1.807) is 6.33 Å². The second kappa shape index (κ2) is 4.44. The van der Waals surface area contributed by atoms with Crippen LogP contribution in [0.3, 0.4) is 0 Å². The monoisotopic (exact) mass is 240 g/mol. The molecule has 18 heavy (non-hydrogen) atoms. The molecule has 0 fully saturated rings. The van der Waals surface area contributed by atoms with Crippen molar-refractivity contribution < 1.29 is 4.52 Å². The lowest BCUT2D eigenvalue weighted by molar-refractivity contribution is 0.371. The van der Waals surface area contributed by atoms with E-state index in [1.807, 2.05) is 48.0 Å². The number of imidazole rings is 1. The van der Waals surface area contributed by atoms with Crippen molar-refractivity contribution in [1.29, 1.82) is 0 Å². The molecule has 2 aromatic heterocycles. The smallest absolute Gasteiger partial charge is 0.246 e. The topological polar surface area (TPSA) is 56.7 Å². The van der Waals surface area contributed by atoms with Crippen molar-refractivity contribution in [3.63, 3.8) is 0 Å². The highest BCUT2D eigenvalue weighted by atomic mass is 16.5. The van der Waals surface area contributed by atoms with Crippen LogP contribution in [0.1, 0.15) is 11.6 Å². The maximum absolute atomic E-state index is 5.22. The lowest BCUT2D eigenvalue weighted by Gasteiger charge is -1.94. The van der Waals surface area contributed by atoms with Gasteiger partial charge in [-0.15, -0.1) is 0 Å². The Morgan fingerprint density at radius 2 is 2.06 bits per heavy atom. The molecule has 5 nitrogen and oxygen atoms in total. The standard InChI is InChI=1S/C13H12N4O/c1-10-7-17(9-14-10)8-12-15-13(16-18-12)11-5-3-2-4-6-11/h2-7,9H,8H2,1H3. The summed E-state index contributed by atoms with van der Waals surface area (Å²) in [4.78, 5) is 8.51. The van der Waals surface area contributed by atoms with Crippen LogP contribution in [0.4, 0.5) is 0 Å². The van der Waals surface area contributed by atoms with Crippen LogP contribution < -0.4 is 0 Å². The molecule has 0 saturated carbocycles. The molecule has 5 heteroatoms. The average Bonchev–Trinajstić information content (AvgIpc) is 3.01. The summed E-state index contributed by atoms with van der Waals surface area (Å²) in [5, 5.41) is 3.97. The molecule has 0 amide bonds. The number of benzene rings is 1. The summed E-state index contributed by atoms with van der Waals surface area (Å²) in [5.74, 6) is 1.19. The van der Waals surface area contributed by atoms with E-state index in [2.05, 4.69) is 15.1 Å². The minimum atomic E-state index is 0.542. The molecule has 0 atom stereocenters. The summed E-state index contributed by atoms with van der Waals surface area (Å²) in [6, 6.07) is 9.76. The summed E-state index contributed by atoms with van der Waals surface area (Å²) in [7, 11) is 0. The van der Waals surface area contributed by atoms with Gasteiger partial charge in [0.15, 0.2) is 0 Å². The molecule has 0 radical (unpaired) electrons. The van der Waals surface area contributed by atoms with Crippen molar-refractivity contribution in [3.8, 4) is 11.4 Å². The number of nitrogens with zero attached hydrogens (tertiary/aromatic N) is 4. The number of rotatable bonds is 3. The summed E-state index contributed by atoms with van der Waals surface area (Å²) in [6.45, 7) is 2.49. The maximum Gasteiger partial charge on any atom is 0.246 e. The van der Waals surface area contributed by atoms with Gasteiger partial charge >= 0.3 is 0 Å². The van der Waals surface area contributed by atoms with E-state index in [-0.39, 0.29) is 0 Å². The van der Waals surface area contributed by atoms with E-state index in [1.165, 1.54) is 0 Å². The third-order valence-electron chi connectivity index (χ3n) is 2.58. The molecule has 0 aliphatic rings. The van der Waals surface area contributed by atoms with Crippen molar-refractivity contribution in [1.82, 2.24) is 19.7 Å². The molecule has 0 N–H and O–H groups in total. The molecule has 3 aromatic rings. The van der Waals surface area contributed by atoms with Crippen LogP contribution >= 0.6 is 0 Å². The van der Waals surface area contributed by atoms with Gasteiger partial charge in [-0.3, -0.25) is 0 Å². The zero-order valence-corrected chi connectivity index (χ0v) is 9.95. The van der Waals surface area contributed by atoms with Gasteiger partial charge in [0.1, 0.15) is 6.54 Å². The van der Waals surface area contributed by atoms with Gasteiger partial charge in [-0.05, 0) is 6.92 Å². The first kappa shape index (κ1) is 10.7. The van der Waals surface area contributed by atoms with E-state index in [0.717, 1.165) is 11.3 Å². The van der Waals surface area contributed by atoms with Crippen molar-refractivity contribution in [2.24, 2.45) is 0 Å². The lowest BCUT2D eigenvalue weighted by Crippen LogP contribution is -1.96. The summed E-state index contributed by atoms with van der Waals surface area (Å²) in [5.41, 5.74) is 1.92. The molecule has 0 aliphatic carbocycles. The van der Waals surface area contributed by atoms with Crippen LogP contribution in [0.25, 0.3) is 11.4 Å². The van der Waals surface area contributed by atoms with Gasteiger partial charge < -0.3 is 9.09 Å². The summed E-state index contributed by atoms with van der Waals surface area (Å²) in [6.07, 6.45) is 3.69. The first-order chi connectivity index (χ1) is 8.81. The van der Waals surface area contributed by atoms with Gasteiger partial charge in [0.05, 0.1) is 12.0 Å². The largest absolute Gasteiger partial charge is 0.337 e. The Kier molecular flexibility index (Phi) is 2.64. The minimum Gasteiger partial charge on any atom is -0.337 e. The van der Waals surface area contributed by atoms with E-state index >= 15 is 0 Å². The van der Waals surface area contributed by atoms with E-state index in [4.69, 9.17) is 4.52 Å². The zero-order valence-electron chi connectivity index (χ0n) is 9.95. The summed E-state index contributed by atoms with van der Waals surface area (Å²) >= 11 is 0. The van der Waals surface area contributed by atoms with Crippen LogP contribution in [-0.4, -0.2) is 19.7 Å². The molecule has 90 valence electrons. The molecule has 0 saturated heterocycles. The Morgan fingerprint density at radius 1 is 1.22 bits per heavy atom. The van der Waals surface area contributed by atoms with Crippen molar-refractivity contribution in [2.75, 3.05) is 0 Å². The average molecular weight is 240 g/mol. The molecule has 3 rings (SSSR count). The second-order valence-electron chi connectivity index (χ2n) is 4.07. The van der Waals surface area contributed by atoms with Gasteiger partial charge in [-0.1, -0.05) is 35.5 Å². The molecule has 0 aliphatic heterocycles. The van der Waals surface area contributed by atoms with Crippen molar-refractivity contribution >= 4 is 0 Å². The molecule has 0 spiro atoms. The van der Waals surface area contributed by atoms with E-state index in [9.17, 15) is 0 Å². The fourth-order valence-electron chi connectivity index (χ4n) is 1.74. The number of hydrogen-bond donors (Lipinski definition) is 0. The van der Waals surface area contributed by atoms with Crippen LogP contribution in [-0.2, 0) is 6.54 Å². The highest BCUT2D eigenvalue weighted by molar-refractivity contribution is 5.53. The highest BCUT2D eigenvalue weighted by Gasteiger charge is 2.08. The molecule has 1 aromatic carbocycles. The first-order valence-corrected chi connectivity index (χ1v) is 5.67. The third-order valence-corrected chi connectivity index (χ3v) is 2.58. The third kappa shape index (κ3) is 2.15. The van der Waals surface area contributed by atoms with Crippen LogP contribution in [0.15, 0.2) is 47.4 Å². The van der Waals surface area contributed by atoms with E-state index < -0.39 is 0 Å². The molecule has 0 unspecified atom stereocenters. The predicted molar refractivity (Wildman–Crippen MR) is 65.8 cm³/mol. The van der Waals surface area contributed by atoms with Crippen LogP contribution in [0.2, 0.25) is 0 Å². The zero-order chi connectivity index (χ0) is 12.4. The molecule has 0 bridgehead atoms. The summed E-state index contributed by atoms with van der Waals surface area (Å²) < 4.78 is 7.14. The normalized spacial score (nSPS) is 10.7. The Hall–Kier alpha value is -2.43. The fourth-order valence-corrected chi connectivity index (χ4v) is 1.74. The maximum atomic E-state index is 5.22. The van der Waals surface area contributed by atoms with Crippen LogP contribution in [0.5, 0.6) is 0 Å². The van der Waals surface area contributed by atoms with Gasteiger partial charge in [0.25, 0.3) is 0 Å². The highest BCUT2D eigenvalue weighted by Crippen LogP contribution is 2.15. The van der Waals surface area contributed by atoms with Gasteiger partial charge in [0, 0.05) is 11.8 Å². The van der Waals surface area contributed by atoms with Crippen molar-refractivity contribution in [3.05, 3.63) is 54.4 Å². The van der Waals surface area contributed by atoms with Gasteiger partial charge in [-0.2, -0.15) is 4.98 Å². The number of aromatic nitrogens is 4. The SMILES string of the molecule is Cc1cn(Cc2nc(-c3ccccc3)no2)cn1. The van der Waals surface area contributed by atoms with Crippen molar-refractivity contribution in [2.45, 2.75) is 13.5 Å². The van der Waals surface area contributed by atoms with Crippen LogP contribution in [0, 0.1) is 6.92 Å². The van der Waals surface area contributed by atoms with Gasteiger partial charge in [-0.25, -0.2) is 4.98 Å². The second-order valence-corrected chi connectivity index (χ2v) is 4.07. The molecular formula is C13H12N4O. The Labute approximate surface area is 104 Å². The first-order valence-electron chi connectivity index (χ1n) is 5.67. The lowest BCUT2D eigenvalue weighted by atomic mass is 10.2. The molecular weight excluding hydrogens is 228 g/mol. The molecule has 2 heterocycles.